The van der Waals surface area contributed by atoms with E-state index in [1.807, 2.05) is 18.2 Å². The second-order valence-corrected chi connectivity index (χ2v) is 8.84. The Morgan fingerprint density at radius 2 is 1.69 bits per heavy atom. The predicted molar refractivity (Wildman–Crippen MR) is 128 cm³/mol. The number of hydrogen-bond donors (Lipinski definition) is 1. The molecule has 7 nitrogen and oxygen atoms in total. The fraction of sp³-hybridized carbons (Fsp3) is 0.333. The molecule has 0 bridgehead atoms. The first-order valence-corrected chi connectivity index (χ1v) is 11.9. The van der Waals surface area contributed by atoms with Gasteiger partial charge < -0.3 is 10.2 Å². The summed E-state index contributed by atoms with van der Waals surface area (Å²) >= 11 is 1.53. The average molecular weight is 450 g/mol. The lowest BCUT2D eigenvalue weighted by Gasteiger charge is -2.27. The second kappa shape index (κ2) is 10.5. The van der Waals surface area contributed by atoms with E-state index >= 15 is 0 Å². The van der Waals surface area contributed by atoms with Crippen LogP contribution in [0.25, 0.3) is 5.69 Å². The molecule has 0 radical (unpaired) electrons. The number of rotatable bonds is 8. The lowest BCUT2D eigenvalue weighted by Crippen LogP contribution is -2.31. The molecule has 0 saturated carbocycles. The molecule has 1 aromatic heterocycles. The number of carbonyl (C=O) groups is 2. The molecule has 1 saturated heterocycles. The Kier molecular flexibility index (Phi) is 7.21. The fourth-order valence-corrected chi connectivity index (χ4v) is 4.59. The molecule has 2 aromatic carbocycles. The van der Waals surface area contributed by atoms with Crippen molar-refractivity contribution >= 4 is 35.1 Å². The summed E-state index contributed by atoms with van der Waals surface area (Å²) in [4.78, 5) is 26.1. The summed E-state index contributed by atoms with van der Waals surface area (Å²) in [5, 5.41) is 12.6. The number of amides is 1. The standard InChI is InChI=1S/C24H27N5O2S/c1-18(30)19-10-12-20(13-11-19)25-22(31)14-17-32-24-27-26-23(28-15-6-3-7-16-28)29(24)21-8-4-2-5-9-21/h2,4-5,8-13H,3,6-7,14-17H2,1H3,(H,25,31). The Bertz CT molecular complexity index is 1060. The molecule has 1 N–H and O–H groups in total. The molecule has 0 aliphatic carbocycles. The zero-order valence-corrected chi connectivity index (χ0v) is 19.0. The quantitative estimate of drug-likeness (QED) is 0.400. The highest BCUT2D eigenvalue weighted by Crippen LogP contribution is 2.28. The van der Waals surface area contributed by atoms with E-state index in [4.69, 9.17) is 0 Å². The van der Waals surface area contributed by atoms with E-state index in [2.05, 4.69) is 37.1 Å². The molecule has 8 heteroatoms. The van der Waals surface area contributed by atoms with Gasteiger partial charge in [0.15, 0.2) is 10.9 Å². The number of aromatic nitrogens is 3. The molecule has 1 aliphatic rings. The molecule has 4 rings (SSSR count). The van der Waals surface area contributed by atoms with Gasteiger partial charge in [0.25, 0.3) is 0 Å². The highest BCUT2D eigenvalue weighted by Gasteiger charge is 2.21. The van der Waals surface area contributed by atoms with Crippen molar-refractivity contribution in [3.05, 3.63) is 60.2 Å². The largest absolute Gasteiger partial charge is 0.341 e. The molecule has 1 amide bonds. The summed E-state index contributed by atoms with van der Waals surface area (Å²) in [6.07, 6.45) is 3.93. The minimum absolute atomic E-state index is 0.00530. The number of anilines is 2. The normalized spacial score (nSPS) is 13.7. The smallest absolute Gasteiger partial charge is 0.232 e. The first-order chi connectivity index (χ1) is 15.6. The van der Waals surface area contributed by atoms with Crippen molar-refractivity contribution in [1.29, 1.82) is 0 Å². The predicted octanol–water partition coefficient (Wildman–Crippen LogP) is 4.58. The van der Waals surface area contributed by atoms with E-state index < -0.39 is 0 Å². The van der Waals surface area contributed by atoms with E-state index in [-0.39, 0.29) is 11.7 Å². The van der Waals surface area contributed by atoms with Crippen LogP contribution in [0.3, 0.4) is 0 Å². The maximum atomic E-state index is 12.4. The van der Waals surface area contributed by atoms with Crippen molar-refractivity contribution in [2.45, 2.75) is 37.8 Å². The summed E-state index contributed by atoms with van der Waals surface area (Å²) in [7, 11) is 0. The molecule has 1 aliphatic heterocycles. The number of thioether (sulfide) groups is 1. The number of carbonyl (C=O) groups excluding carboxylic acids is 2. The van der Waals surface area contributed by atoms with Crippen LogP contribution in [0.4, 0.5) is 11.6 Å². The summed E-state index contributed by atoms with van der Waals surface area (Å²) in [5.74, 6) is 1.39. The van der Waals surface area contributed by atoms with Crippen LogP contribution < -0.4 is 10.2 Å². The Morgan fingerprint density at radius 1 is 0.969 bits per heavy atom. The molecule has 166 valence electrons. The van der Waals surface area contributed by atoms with Gasteiger partial charge in [0.2, 0.25) is 11.9 Å². The molecule has 0 spiro atoms. The summed E-state index contributed by atoms with van der Waals surface area (Å²) < 4.78 is 2.09. The number of nitrogens with one attached hydrogen (secondary N) is 1. The number of benzene rings is 2. The molecular formula is C24H27N5O2S. The first-order valence-electron chi connectivity index (χ1n) is 10.9. The fourth-order valence-electron chi connectivity index (χ4n) is 3.70. The minimum Gasteiger partial charge on any atom is -0.341 e. The molecule has 2 heterocycles. The summed E-state index contributed by atoms with van der Waals surface area (Å²) in [6, 6.07) is 17.1. The highest BCUT2D eigenvalue weighted by molar-refractivity contribution is 7.99. The number of hydrogen-bond acceptors (Lipinski definition) is 6. The Balaban J connectivity index is 1.41. The highest BCUT2D eigenvalue weighted by atomic mass is 32.2. The first kappa shape index (κ1) is 22.1. The SMILES string of the molecule is CC(=O)c1ccc(NC(=O)CCSc2nnc(N3CCCCC3)n2-c2ccccc2)cc1. The van der Waals surface area contributed by atoms with Crippen molar-refractivity contribution in [2.24, 2.45) is 0 Å². The Morgan fingerprint density at radius 3 is 2.38 bits per heavy atom. The van der Waals surface area contributed by atoms with Gasteiger partial charge >= 0.3 is 0 Å². The van der Waals surface area contributed by atoms with Crippen LogP contribution in [0, 0.1) is 0 Å². The van der Waals surface area contributed by atoms with Crippen LogP contribution in [0.5, 0.6) is 0 Å². The van der Waals surface area contributed by atoms with E-state index in [9.17, 15) is 9.59 Å². The Labute approximate surface area is 192 Å². The topological polar surface area (TPSA) is 80.1 Å². The monoisotopic (exact) mass is 449 g/mol. The lowest BCUT2D eigenvalue weighted by atomic mass is 10.1. The zero-order valence-electron chi connectivity index (χ0n) is 18.2. The van der Waals surface area contributed by atoms with Gasteiger partial charge in [-0.25, -0.2) is 0 Å². The maximum Gasteiger partial charge on any atom is 0.232 e. The number of piperidine rings is 1. The molecule has 0 unspecified atom stereocenters. The van der Waals surface area contributed by atoms with Gasteiger partial charge in [-0.3, -0.25) is 14.2 Å². The van der Waals surface area contributed by atoms with Crippen molar-refractivity contribution in [3.8, 4) is 5.69 Å². The second-order valence-electron chi connectivity index (χ2n) is 7.78. The molecule has 1 fully saturated rings. The van der Waals surface area contributed by atoms with E-state index in [0.29, 0.717) is 23.4 Å². The average Bonchev–Trinajstić information content (AvgIpc) is 3.24. The number of nitrogens with zero attached hydrogens (tertiary/aromatic N) is 4. The van der Waals surface area contributed by atoms with Gasteiger partial charge in [0.05, 0.1) is 5.69 Å². The third-order valence-electron chi connectivity index (χ3n) is 5.41. The van der Waals surface area contributed by atoms with Gasteiger partial charge in [0, 0.05) is 36.5 Å². The van der Waals surface area contributed by atoms with Crippen molar-refractivity contribution in [2.75, 3.05) is 29.1 Å². The molecule has 0 atom stereocenters. The van der Waals surface area contributed by atoms with Crippen molar-refractivity contribution in [1.82, 2.24) is 14.8 Å². The van der Waals surface area contributed by atoms with Gasteiger partial charge in [-0.2, -0.15) is 0 Å². The number of Topliss-reactive ketones (excluding diaryl/α,β-unsaturated/α-hetero) is 1. The number of ketones is 1. The van der Waals surface area contributed by atoms with Gasteiger partial charge in [-0.1, -0.05) is 30.0 Å². The third kappa shape index (κ3) is 5.37. The van der Waals surface area contributed by atoms with Gasteiger partial charge in [-0.05, 0) is 62.6 Å². The van der Waals surface area contributed by atoms with Crippen LogP contribution in [0.2, 0.25) is 0 Å². The van der Waals surface area contributed by atoms with E-state index in [1.54, 1.807) is 24.3 Å². The van der Waals surface area contributed by atoms with Crippen LogP contribution >= 0.6 is 11.8 Å². The van der Waals surface area contributed by atoms with Crippen LogP contribution in [-0.2, 0) is 4.79 Å². The summed E-state index contributed by atoms with van der Waals surface area (Å²) in [5.41, 5.74) is 2.34. The zero-order chi connectivity index (χ0) is 22.3. The van der Waals surface area contributed by atoms with Crippen LogP contribution in [0.15, 0.2) is 59.8 Å². The van der Waals surface area contributed by atoms with Crippen LogP contribution in [-0.4, -0.2) is 45.3 Å². The van der Waals surface area contributed by atoms with Gasteiger partial charge in [0.1, 0.15) is 0 Å². The van der Waals surface area contributed by atoms with Crippen molar-refractivity contribution in [3.63, 3.8) is 0 Å². The lowest BCUT2D eigenvalue weighted by molar-refractivity contribution is -0.115. The maximum absolute atomic E-state index is 12.4. The Hall–Kier alpha value is -3.13. The molecule has 3 aromatic rings. The van der Waals surface area contributed by atoms with E-state index in [0.717, 1.165) is 42.7 Å². The molecular weight excluding hydrogens is 422 g/mol. The third-order valence-corrected chi connectivity index (χ3v) is 6.34. The number of para-hydroxylation sites is 1. The van der Waals surface area contributed by atoms with Crippen molar-refractivity contribution < 1.29 is 9.59 Å². The summed E-state index contributed by atoms with van der Waals surface area (Å²) in [6.45, 7) is 3.50. The van der Waals surface area contributed by atoms with Gasteiger partial charge in [-0.15, -0.1) is 10.2 Å². The van der Waals surface area contributed by atoms with Crippen LogP contribution in [0.1, 0.15) is 43.0 Å². The molecule has 32 heavy (non-hydrogen) atoms. The van der Waals surface area contributed by atoms with E-state index in [1.165, 1.54) is 25.1 Å². The minimum atomic E-state index is -0.0740.